The molecule has 2 rings (SSSR count). The molecule has 88 valence electrons. The molecule has 0 atom stereocenters. The minimum atomic E-state index is -2.74. The molecule has 2 aromatic heterocycles. The number of azide groups is 1. The summed E-state index contributed by atoms with van der Waals surface area (Å²) in [7, 11) is 0. The fourth-order valence-corrected chi connectivity index (χ4v) is 2.03. The van der Waals surface area contributed by atoms with Crippen molar-refractivity contribution in [3.8, 4) is 11.3 Å². The zero-order chi connectivity index (χ0) is 12.3. The molecule has 0 aliphatic carbocycles. The van der Waals surface area contributed by atoms with E-state index in [2.05, 4.69) is 15.1 Å². The summed E-state index contributed by atoms with van der Waals surface area (Å²) in [5, 5.41) is 10.7. The van der Waals surface area contributed by atoms with Crippen molar-refractivity contribution in [2.45, 2.75) is 13.1 Å². The van der Waals surface area contributed by atoms with E-state index >= 15 is 0 Å². The van der Waals surface area contributed by atoms with Crippen molar-refractivity contribution < 1.29 is 8.78 Å². The van der Waals surface area contributed by atoms with Crippen LogP contribution in [0.25, 0.3) is 21.7 Å². The van der Waals surface area contributed by atoms with Crippen molar-refractivity contribution >= 4 is 11.3 Å². The Morgan fingerprint density at radius 1 is 1.59 bits per heavy atom. The van der Waals surface area contributed by atoms with Gasteiger partial charge >= 0.3 is 6.55 Å². The topological polar surface area (TPSA) is 66.6 Å². The smallest absolute Gasteiger partial charge is 0.208 e. The Kier molecular flexibility index (Phi) is 3.36. The fourth-order valence-electron chi connectivity index (χ4n) is 1.38. The summed E-state index contributed by atoms with van der Waals surface area (Å²) >= 11 is 1.46. The maximum Gasteiger partial charge on any atom is 0.333 e. The van der Waals surface area contributed by atoms with Crippen LogP contribution in [0.3, 0.4) is 0 Å². The maximum atomic E-state index is 12.7. The number of aromatic nitrogens is 2. The summed E-state index contributed by atoms with van der Waals surface area (Å²) in [5.41, 5.74) is 9.61. The monoisotopic (exact) mass is 255 g/mol. The number of rotatable bonds is 4. The van der Waals surface area contributed by atoms with Gasteiger partial charge in [-0.05, 0) is 23.0 Å². The van der Waals surface area contributed by atoms with Gasteiger partial charge in [0.2, 0.25) is 0 Å². The third kappa shape index (κ3) is 2.43. The van der Waals surface area contributed by atoms with Crippen LogP contribution in [-0.2, 0) is 6.54 Å². The molecule has 17 heavy (non-hydrogen) atoms. The van der Waals surface area contributed by atoms with Gasteiger partial charge in [-0.1, -0.05) is 5.11 Å². The average molecular weight is 255 g/mol. The zero-order valence-electron chi connectivity index (χ0n) is 8.49. The van der Waals surface area contributed by atoms with Crippen LogP contribution in [0.15, 0.2) is 28.0 Å². The molecular formula is C9H7F2N5S. The van der Waals surface area contributed by atoms with Gasteiger partial charge in [-0.25, -0.2) is 4.68 Å². The van der Waals surface area contributed by atoms with Gasteiger partial charge < -0.3 is 0 Å². The van der Waals surface area contributed by atoms with Gasteiger partial charge in [0, 0.05) is 15.9 Å². The molecule has 0 fully saturated rings. The van der Waals surface area contributed by atoms with Crippen LogP contribution in [0.1, 0.15) is 12.2 Å². The minimum absolute atomic E-state index is 0.141. The van der Waals surface area contributed by atoms with Crippen molar-refractivity contribution in [3.05, 3.63) is 39.0 Å². The summed E-state index contributed by atoms with van der Waals surface area (Å²) in [4.78, 5) is 2.54. The summed E-state index contributed by atoms with van der Waals surface area (Å²) in [5.74, 6) is 0. The molecule has 5 nitrogen and oxygen atoms in total. The second kappa shape index (κ2) is 4.94. The average Bonchev–Trinajstić information content (AvgIpc) is 2.94. The molecule has 8 heteroatoms. The van der Waals surface area contributed by atoms with Crippen LogP contribution in [0.2, 0.25) is 0 Å². The SMILES string of the molecule is [N-]=[N+]=NCc1cc(-c2ccsc2)nn1C(F)F. The Morgan fingerprint density at radius 3 is 3.00 bits per heavy atom. The van der Waals surface area contributed by atoms with Crippen molar-refractivity contribution in [2.24, 2.45) is 5.11 Å². The highest BCUT2D eigenvalue weighted by molar-refractivity contribution is 7.08. The number of alkyl halides is 2. The zero-order valence-corrected chi connectivity index (χ0v) is 9.31. The first-order chi connectivity index (χ1) is 8.22. The van der Waals surface area contributed by atoms with Crippen molar-refractivity contribution in [1.82, 2.24) is 9.78 Å². The first-order valence-electron chi connectivity index (χ1n) is 4.62. The van der Waals surface area contributed by atoms with Gasteiger partial charge in [0.25, 0.3) is 0 Å². The van der Waals surface area contributed by atoms with Gasteiger partial charge in [0.05, 0.1) is 17.9 Å². The van der Waals surface area contributed by atoms with Gasteiger partial charge in [-0.15, -0.1) is 0 Å². The van der Waals surface area contributed by atoms with E-state index < -0.39 is 6.55 Å². The maximum absolute atomic E-state index is 12.7. The summed E-state index contributed by atoms with van der Waals surface area (Å²) < 4.78 is 25.9. The second-order valence-electron chi connectivity index (χ2n) is 3.14. The molecule has 2 aromatic rings. The summed E-state index contributed by atoms with van der Waals surface area (Å²) in [6.45, 7) is -2.89. The summed E-state index contributed by atoms with van der Waals surface area (Å²) in [6.07, 6.45) is 0. The van der Waals surface area contributed by atoms with E-state index in [1.54, 1.807) is 6.07 Å². The Morgan fingerprint density at radius 2 is 2.41 bits per heavy atom. The molecule has 0 aliphatic heterocycles. The lowest BCUT2D eigenvalue weighted by Crippen LogP contribution is -2.04. The number of halogens is 2. The Labute approximate surface area is 98.9 Å². The first-order valence-corrected chi connectivity index (χ1v) is 5.56. The van der Waals surface area contributed by atoms with E-state index in [0.717, 1.165) is 5.56 Å². The van der Waals surface area contributed by atoms with Crippen LogP contribution in [-0.4, -0.2) is 9.78 Å². The predicted octanol–water partition coefficient (Wildman–Crippen LogP) is 3.82. The van der Waals surface area contributed by atoms with Crippen molar-refractivity contribution in [3.63, 3.8) is 0 Å². The molecule has 0 N–H and O–H groups in total. The molecule has 0 aliphatic rings. The highest BCUT2D eigenvalue weighted by atomic mass is 32.1. The van der Waals surface area contributed by atoms with Crippen LogP contribution in [0, 0.1) is 0 Å². The molecule has 0 unspecified atom stereocenters. The molecule has 0 saturated heterocycles. The first kappa shape index (κ1) is 11.6. The number of hydrogen-bond donors (Lipinski definition) is 0. The third-order valence-electron chi connectivity index (χ3n) is 2.11. The molecule has 0 saturated carbocycles. The van der Waals surface area contributed by atoms with Gasteiger partial charge in [0.1, 0.15) is 0 Å². The lowest BCUT2D eigenvalue weighted by Gasteiger charge is -2.01. The largest absolute Gasteiger partial charge is 0.333 e. The van der Waals surface area contributed by atoms with Crippen LogP contribution >= 0.6 is 11.3 Å². The van der Waals surface area contributed by atoms with Crippen LogP contribution in [0.5, 0.6) is 0 Å². The molecule has 0 spiro atoms. The lowest BCUT2D eigenvalue weighted by atomic mass is 10.2. The molecule has 2 heterocycles. The van der Waals surface area contributed by atoms with Gasteiger partial charge in [-0.2, -0.15) is 25.2 Å². The van der Waals surface area contributed by atoms with Gasteiger partial charge in [0.15, 0.2) is 0 Å². The van der Waals surface area contributed by atoms with E-state index in [-0.39, 0.29) is 12.2 Å². The van der Waals surface area contributed by atoms with Crippen LogP contribution < -0.4 is 0 Å². The predicted molar refractivity (Wildman–Crippen MR) is 59.6 cm³/mol. The van der Waals surface area contributed by atoms with E-state index in [1.807, 2.05) is 10.8 Å². The normalized spacial score (nSPS) is 10.5. The molecule has 0 radical (unpaired) electrons. The molecule has 0 aromatic carbocycles. The van der Waals surface area contributed by atoms with Gasteiger partial charge in [-0.3, -0.25) is 0 Å². The van der Waals surface area contributed by atoms with E-state index in [9.17, 15) is 8.78 Å². The lowest BCUT2D eigenvalue weighted by molar-refractivity contribution is 0.0538. The van der Waals surface area contributed by atoms with E-state index in [4.69, 9.17) is 5.53 Å². The van der Waals surface area contributed by atoms with Crippen molar-refractivity contribution in [2.75, 3.05) is 0 Å². The Bertz CT molecular complexity index is 542. The standard InChI is InChI=1S/C9H7F2N5S/c10-9(11)16-7(4-13-15-12)3-8(14-16)6-1-2-17-5-6/h1-3,5,9H,4H2. The molecule has 0 bridgehead atoms. The third-order valence-corrected chi connectivity index (χ3v) is 2.79. The minimum Gasteiger partial charge on any atom is -0.208 e. The van der Waals surface area contributed by atoms with Crippen molar-refractivity contribution in [1.29, 1.82) is 0 Å². The highest BCUT2D eigenvalue weighted by Crippen LogP contribution is 2.24. The Hall–Kier alpha value is -1.92. The van der Waals surface area contributed by atoms with E-state index in [0.29, 0.717) is 10.4 Å². The number of thiophene rings is 1. The van der Waals surface area contributed by atoms with Crippen LogP contribution in [0.4, 0.5) is 8.78 Å². The number of hydrogen-bond acceptors (Lipinski definition) is 3. The second-order valence-corrected chi connectivity index (χ2v) is 3.92. The molecular weight excluding hydrogens is 248 g/mol. The fraction of sp³-hybridized carbons (Fsp3) is 0.222. The van der Waals surface area contributed by atoms with E-state index in [1.165, 1.54) is 17.4 Å². The Balaban J connectivity index is 2.40. The quantitative estimate of drug-likeness (QED) is 0.465. The summed E-state index contributed by atoms with van der Waals surface area (Å²) in [6, 6.07) is 3.29. The molecule has 0 amide bonds. The number of nitrogens with zero attached hydrogens (tertiary/aromatic N) is 5. The highest BCUT2D eigenvalue weighted by Gasteiger charge is 2.15.